The monoisotopic (exact) mass is 575 g/mol. The fraction of sp³-hybridized carbons (Fsp3) is 0.548. The van der Waals surface area contributed by atoms with E-state index in [4.69, 9.17) is 13.9 Å². The third-order valence-electron chi connectivity index (χ3n) is 7.99. The van der Waals surface area contributed by atoms with Crippen LogP contribution in [0.2, 0.25) is 18.1 Å². The molecule has 0 aliphatic carbocycles. The Morgan fingerprint density at radius 1 is 0.846 bits per heavy atom. The lowest BCUT2D eigenvalue weighted by Gasteiger charge is -2.38. The lowest BCUT2D eigenvalue weighted by molar-refractivity contribution is 0.268. The van der Waals surface area contributed by atoms with Gasteiger partial charge in [0.1, 0.15) is 11.5 Å². The Hall–Kier alpha value is -2.13. The Morgan fingerprint density at radius 2 is 1.31 bits per heavy atom. The van der Waals surface area contributed by atoms with Crippen molar-refractivity contribution in [1.29, 1.82) is 0 Å². The van der Waals surface area contributed by atoms with E-state index in [9.17, 15) is 8.42 Å². The molecule has 1 atom stereocenters. The second kappa shape index (κ2) is 14.0. The summed E-state index contributed by atoms with van der Waals surface area (Å²) in [5.41, 5.74) is 1.81. The van der Waals surface area contributed by atoms with Crippen molar-refractivity contribution in [3.8, 4) is 11.5 Å². The van der Waals surface area contributed by atoms with E-state index < -0.39 is 23.1 Å². The van der Waals surface area contributed by atoms with E-state index in [2.05, 4.69) is 40.4 Å². The van der Waals surface area contributed by atoms with E-state index in [0.29, 0.717) is 32.3 Å². The quantitative estimate of drug-likeness (QED) is 0.117. The van der Waals surface area contributed by atoms with E-state index in [-0.39, 0.29) is 18.1 Å². The summed E-state index contributed by atoms with van der Waals surface area (Å²) in [6.45, 7) is 17.9. The molecule has 0 aliphatic rings. The van der Waals surface area contributed by atoms with Crippen LogP contribution in [0.4, 0.5) is 0 Å². The zero-order valence-corrected chi connectivity index (χ0v) is 27.1. The van der Waals surface area contributed by atoms with Gasteiger partial charge in [0.05, 0.1) is 19.0 Å². The maximum absolute atomic E-state index is 14.5. The molecule has 2 aromatic rings. The van der Waals surface area contributed by atoms with Crippen molar-refractivity contribution < 1.29 is 22.3 Å². The van der Waals surface area contributed by atoms with Crippen LogP contribution in [0.1, 0.15) is 64.5 Å². The van der Waals surface area contributed by atoms with Gasteiger partial charge >= 0.3 is 0 Å². The Kier molecular flexibility index (Phi) is 11.8. The Bertz CT molecular complexity index is 1090. The number of rotatable bonds is 16. The molecule has 8 heteroatoms. The van der Waals surface area contributed by atoms with E-state index in [1.165, 1.54) is 0 Å². The normalized spacial score (nSPS) is 14.2. The highest BCUT2D eigenvalue weighted by atomic mass is 32.2. The molecule has 0 heterocycles. The van der Waals surface area contributed by atoms with Crippen LogP contribution in [0, 0.1) is 0 Å². The SMILES string of the molecule is C=CCC[C@](C)(CCCO[Si](C)(C)C(C)(C)C)S(=O)(=O)N(Cc1ccc(OC)cc1)Cc1ccc(OC)cc1. The number of nitrogens with zero attached hydrogens (tertiary/aromatic N) is 1. The van der Waals surface area contributed by atoms with Gasteiger partial charge in [0.25, 0.3) is 0 Å². The second-order valence-corrected chi connectivity index (χ2v) is 19.2. The lowest BCUT2D eigenvalue weighted by atomic mass is 9.99. The molecule has 0 N–H and O–H groups in total. The topological polar surface area (TPSA) is 65.1 Å². The molecular formula is C31H49NO5SSi. The zero-order valence-electron chi connectivity index (χ0n) is 25.2. The molecule has 0 unspecified atom stereocenters. The molecule has 0 aliphatic heterocycles. The van der Waals surface area contributed by atoms with Crippen LogP contribution in [0.3, 0.4) is 0 Å². The predicted octanol–water partition coefficient (Wildman–Crippen LogP) is 7.56. The van der Waals surface area contributed by atoms with Crippen LogP contribution in [0.5, 0.6) is 11.5 Å². The van der Waals surface area contributed by atoms with Gasteiger partial charge < -0.3 is 13.9 Å². The summed E-state index contributed by atoms with van der Waals surface area (Å²) >= 11 is 0. The van der Waals surface area contributed by atoms with Gasteiger partial charge in [0.15, 0.2) is 8.32 Å². The van der Waals surface area contributed by atoms with Crippen molar-refractivity contribution >= 4 is 18.3 Å². The molecule has 0 radical (unpaired) electrons. The number of benzene rings is 2. The fourth-order valence-corrected chi connectivity index (χ4v) is 7.31. The van der Waals surface area contributed by atoms with E-state index in [1.807, 2.05) is 55.5 Å². The standard InChI is InChI=1S/C31H49NO5SSi/c1-10-11-21-31(5,22-12-23-37-39(8,9)30(2,3)4)38(33,34)32(24-26-13-17-28(35-6)18-14-26)25-27-15-19-29(36-7)20-16-27/h10,13-20H,1,11-12,21-25H2,2-9H3/t31-/m1/s1. The minimum atomic E-state index is -3.73. The van der Waals surface area contributed by atoms with Gasteiger partial charge in [-0.05, 0) is 86.1 Å². The maximum atomic E-state index is 14.5. The molecule has 0 spiro atoms. The van der Waals surface area contributed by atoms with E-state index in [1.54, 1.807) is 24.6 Å². The molecule has 2 aromatic carbocycles. The van der Waals surface area contributed by atoms with Gasteiger partial charge in [-0.1, -0.05) is 51.1 Å². The maximum Gasteiger partial charge on any atom is 0.220 e. The number of methoxy groups -OCH3 is 2. The third kappa shape index (κ3) is 8.93. The van der Waals surface area contributed by atoms with E-state index in [0.717, 1.165) is 22.6 Å². The van der Waals surface area contributed by atoms with Crippen molar-refractivity contribution in [1.82, 2.24) is 4.31 Å². The van der Waals surface area contributed by atoms with Gasteiger partial charge in [-0.3, -0.25) is 0 Å². The number of ether oxygens (including phenoxy) is 2. The molecule has 6 nitrogen and oxygen atoms in total. The molecular weight excluding hydrogens is 526 g/mol. The predicted molar refractivity (Wildman–Crippen MR) is 164 cm³/mol. The molecule has 218 valence electrons. The van der Waals surface area contributed by atoms with Gasteiger partial charge in [-0.2, -0.15) is 4.31 Å². The van der Waals surface area contributed by atoms with Gasteiger partial charge in [-0.15, -0.1) is 6.58 Å². The van der Waals surface area contributed by atoms with Crippen LogP contribution < -0.4 is 9.47 Å². The molecule has 0 aromatic heterocycles. The summed E-state index contributed by atoms with van der Waals surface area (Å²) in [4.78, 5) is 0. The summed E-state index contributed by atoms with van der Waals surface area (Å²) in [5.74, 6) is 1.47. The smallest absolute Gasteiger partial charge is 0.220 e. The first-order chi connectivity index (χ1) is 18.2. The van der Waals surface area contributed by atoms with Gasteiger partial charge in [-0.25, -0.2) is 8.42 Å². The van der Waals surface area contributed by atoms with Crippen molar-refractivity contribution in [2.45, 2.75) is 89.3 Å². The van der Waals surface area contributed by atoms with Crippen LogP contribution in [0.25, 0.3) is 0 Å². The van der Waals surface area contributed by atoms with Crippen LogP contribution in [0.15, 0.2) is 61.2 Å². The molecule has 2 rings (SSSR count). The van der Waals surface area contributed by atoms with Crippen LogP contribution >= 0.6 is 0 Å². The van der Waals surface area contributed by atoms with E-state index >= 15 is 0 Å². The molecule has 39 heavy (non-hydrogen) atoms. The number of hydrogen-bond acceptors (Lipinski definition) is 5. The van der Waals surface area contributed by atoms with Crippen LogP contribution in [-0.4, -0.2) is 46.6 Å². The highest BCUT2D eigenvalue weighted by Gasteiger charge is 2.43. The first kappa shape index (κ1) is 33.1. The largest absolute Gasteiger partial charge is 0.497 e. The Balaban J connectivity index is 2.36. The summed E-state index contributed by atoms with van der Waals surface area (Å²) in [5, 5.41) is 0.110. The average molecular weight is 576 g/mol. The summed E-state index contributed by atoms with van der Waals surface area (Å²) in [6, 6.07) is 15.1. The van der Waals surface area contributed by atoms with Crippen molar-refractivity contribution in [3.05, 3.63) is 72.3 Å². The van der Waals surface area contributed by atoms with Crippen molar-refractivity contribution in [3.63, 3.8) is 0 Å². The fourth-order valence-electron chi connectivity index (χ4n) is 4.19. The average Bonchev–Trinajstić information content (AvgIpc) is 2.89. The first-order valence-corrected chi connectivity index (χ1v) is 18.0. The van der Waals surface area contributed by atoms with Crippen molar-refractivity contribution in [2.24, 2.45) is 0 Å². The zero-order chi connectivity index (χ0) is 29.3. The lowest BCUT2D eigenvalue weighted by Crippen LogP contribution is -2.46. The summed E-state index contributed by atoms with van der Waals surface area (Å²) in [7, 11) is -2.40. The highest BCUT2D eigenvalue weighted by Crippen LogP contribution is 2.38. The highest BCUT2D eigenvalue weighted by molar-refractivity contribution is 7.90. The molecule has 0 saturated heterocycles. The van der Waals surface area contributed by atoms with Gasteiger partial charge in [0, 0.05) is 19.7 Å². The van der Waals surface area contributed by atoms with Crippen LogP contribution in [-0.2, 0) is 27.5 Å². The van der Waals surface area contributed by atoms with Gasteiger partial charge in [0.2, 0.25) is 10.0 Å². The summed E-state index contributed by atoms with van der Waals surface area (Å²) < 4.78 is 46.6. The number of sulfonamides is 1. The molecule has 0 amide bonds. The Labute approximate surface area is 238 Å². The molecule has 0 bridgehead atoms. The minimum absolute atomic E-state index is 0.110. The number of allylic oxidation sites excluding steroid dienone is 1. The Morgan fingerprint density at radius 3 is 1.69 bits per heavy atom. The molecule has 0 fully saturated rings. The first-order valence-electron chi connectivity index (χ1n) is 13.7. The van der Waals surface area contributed by atoms with Crippen molar-refractivity contribution in [2.75, 3.05) is 20.8 Å². The second-order valence-electron chi connectivity index (χ2n) is 12.0. The summed E-state index contributed by atoms with van der Waals surface area (Å²) in [6.07, 6.45) is 4.12. The number of hydrogen-bond donors (Lipinski definition) is 0. The molecule has 0 saturated carbocycles. The third-order valence-corrected chi connectivity index (χ3v) is 15.1. The minimum Gasteiger partial charge on any atom is -0.497 e.